The van der Waals surface area contributed by atoms with Crippen molar-refractivity contribution in [3.05, 3.63) is 0 Å². The highest BCUT2D eigenvalue weighted by Crippen LogP contribution is 2.37. The van der Waals surface area contributed by atoms with Crippen molar-refractivity contribution >= 4 is 0 Å². The van der Waals surface area contributed by atoms with Gasteiger partial charge >= 0.3 is 0 Å². The van der Waals surface area contributed by atoms with Crippen molar-refractivity contribution in [2.45, 2.75) is 64.5 Å². The minimum Gasteiger partial charge on any atom is -0.380 e. The van der Waals surface area contributed by atoms with Crippen LogP contribution in [0.3, 0.4) is 0 Å². The molecule has 3 nitrogen and oxygen atoms in total. The summed E-state index contributed by atoms with van der Waals surface area (Å²) >= 11 is 0. The molecule has 0 amide bonds. The van der Waals surface area contributed by atoms with Crippen LogP contribution in [0.2, 0.25) is 0 Å². The maximum atomic E-state index is 5.72. The zero-order chi connectivity index (χ0) is 13.7. The zero-order valence-electron chi connectivity index (χ0n) is 13.1. The van der Waals surface area contributed by atoms with Crippen LogP contribution in [0.25, 0.3) is 0 Å². The molecule has 2 aliphatic rings. The first-order valence-electron chi connectivity index (χ1n) is 8.32. The van der Waals surface area contributed by atoms with Gasteiger partial charge in [0.25, 0.3) is 0 Å². The van der Waals surface area contributed by atoms with Crippen LogP contribution in [0.4, 0.5) is 0 Å². The Hall–Kier alpha value is -0.120. The molecule has 2 rings (SSSR count). The van der Waals surface area contributed by atoms with Crippen molar-refractivity contribution in [2.75, 3.05) is 32.8 Å². The molecule has 1 N–H and O–H groups in total. The summed E-state index contributed by atoms with van der Waals surface area (Å²) in [4.78, 5) is 2.72. The molecular weight excluding hydrogens is 236 g/mol. The number of nitrogens with one attached hydrogen (secondary N) is 1. The van der Waals surface area contributed by atoms with Crippen molar-refractivity contribution in [3.63, 3.8) is 0 Å². The van der Waals surface area contributed by atoms with Crippen LogP contribution < -0.4 is 5.32 Å². The smallest absolute Gasteiger partial charge is 0.0593 e. The van der Waals surface area contributed by atoms with E-state index in [-0.39, 0.29) is 0 Å². The summed E-state index contributed by atoms with van der Waals surface area (Å²) in [7, 11) is 0. The van der Waals surface area contributed by atoms with E-state index in [0.717, 1.165) is 44.7 Å². The van der Waals surface area contributed by atoms with Gasteiger partial charge in [-0.2, -0.15) is 0 Å². The third-order valence-corrected chi connectivity index (χ3v) is 5.14. The minimum absolute atomic E-state index is 0.362. The van der Waals surface area contributed by atoms with Gasteiger partial charge in [-0.25, -0.2) is 0 Å². The minimum atomic E-state index is 0.362. The third-order valence-electron chi connectivity index (χ3n) is 5.14. The highest BCUT2D eigenvalue weighted by molar-refractivity contribution is 5.01. The van der Waals surface area contributed by atoms with E-state index in [9.17, 15) is 0 Å². The molecule has 0 aromatic heterocycles. The SMILES string of the molecule is CCCOCCN1CC(C2CC2)NCC1(CC)CC. The molecule has 1 unspecified atom stereocenters. The molecule has 3 heteroatoms. The molecule has 1 heterocycles. The number of nitrogens with zero attached hydrogens (tertiary/aromatic N) is 1. The summed E-state index contributed by atoms with van der Waals surface area (Å²) in [6, 6.07) is 0.734. The largest absolute Gasteiger partial charge is 0.380 e. The molecule has 0 spiro atoms. The molecule has 1 aliphatic carbocycles. The first-order valence-corrected chi connectivity index (χ1v) is 8.32. The summed E-state index contributed by atoms with van der Waals surface area (Å²) in [6.45, 7) is 12.1. The standard InChI is InChI=1S/C16H32N2O/c1-4-10-19-11-9-18-12-15(14-7-8-14)17-13-16(18,5-2)6-3/h14-15,17H,4-13H2,1-3H3. The second-order valence-corrected chi connectivity index (χ2v) is 6.31. The van der Waals surface area contributed by atoms with Gasteiger partial charge in [0.05, 0.1) is 6.61 Å². The Morgan fingerprint density at radius 3 is 2.47 bits per heavy atom. The van der Waals surface area contributed by atoms with E-state index in [1.54, 1.807) is 0 Å². The number of piperazine rings is 1. The second kappa shape index (κ2) is 7.05. The van der Waals surface area contributed by atoms with Gasteiger partial charge in [-0.3, -0.25) is 4.90 Å². The van der Waals surface area contributed by atoms with Gasteiger partial charge in [0.1, 0.15) is 0 Å². The summed E-state index contributed by atoms with van der Waals surface area (Å²) in [5.41, 5.74) is 0.362. The molecule has 1 atom stereocenters. The molecule has 19 heavy (non-hydrogen) atoms. The quantitative estimate of drug-likeness (QED) is 0.685. The van der Waals surface area contributed by atoms with Gasteiger partial charge in [-0.05, 0) is 38.0 Å². The summed E-state index contributed by atoms with van der Waals surface area (Å²) in [6.07, 6.45) is 6.47. The van der Waals surface area contributed by atoms with Crippen molar-refractivity contribution in [1.82, 2.24) is 10.2 Å². The molecule has 1 saturated carbocycles. The normalized spacial score (nSPS) is 27.6. The fourth-order valence-electron chi connectivity index (χ4n) is 3.44. The van der Waals surface area contributed by atoms with Crippen LogP contribution in [0, 0.1) is 5.92 Å². The molecule has 1 aliphatic heterocycles. The zero-order valence-corrected chi connectivity index (χ0v) is 13.1. The lowest BCUT2D eigenvalue weighted by molar-refractivity contribution is 0.00159. The first kappa shape index (κ1) is 15.3. The van der Waals surface area contributed by atoms with E-state index < -0.39 is 0 Å². The van der Waals surface area contributed by atoms with Crippen molar-refractivity contribution in [2.24, 2.45) is 5.92 Å². The fourth-order valence-corrected chi connectivity index (χ4v) is 3.44. The van der Waals surface area contributed by atoms with Crippen LogP contribution in [0.5, 0.6) is 0 Å². The van der Waals surface area contributed by atoms with Gasteiger partial charge in [0.2, 0.25) is 0 Å². The summed E-state index contributed by atoms with van der Waals surface area (Å²) in [5, 5.41) is 3.82. The first-order chi connectivity index (χ1) is 9.25. The van der Waals surface area contributed by atoms with Gasteiger partial charge in [-0.15, -0.1) is 0 Å². The van der Waals surface area contributed by atoms with Crippen LogP contribution in [-0.4, -0.2) is 49.3 Å². The lowest BCUT2D eigenvalue weighted by Gasteiger charge is -2.50. The number of hydrogen-bond acceptors (Lipinski definition) is 3. The second-order valence-electron chi connectivity index (χ2n) is 6.31. The molecule has 2 fully saturated rings. The Kier molecular flexibility index (Phi) is 5.67. The van der Waals surface area contributed by atoms with E-state index >= 15 is 0 Å². The average molecular weight is 268 g/mol. The average Bonchev–Trinajstić information content (AvgIpc) is 3.28. The molecule has 0 bridgehead atoms. The maximum Gasteiger partial charge on any atom is 0.0593 e. The Morgan fingerprint density at radius 1 is 1.16 bits per heavy atom. The number of hydrogen-bond donors (Lipinski definition) is 1. The number of ether oxygens (including phenoxy) is 1. The van der Waals surface area contributed by atoms with Gasteiger partial charge in [-0.1, -0.05) is 20.8 Å². The molecule has 112 valence electrons. The Bertz CT molecular complexity index is 261. The van der Waals surface area contributed by atoms with E-state index in [0.29, 0.717) is 5.54 Å². The van der Waals surface area contributed by atoms with Gasteiger partial charge < -0.3 is 10.1 Å². The monoisotopic (exact) mass is 268 g/mol. The Labute approximate surface area is 119 Å². The van der Waals surface area contributed by atoms with Crippen molar-refractivity contribution < 1.29 is 4.74 Å². The van der Waals surface area contributed by atoms with E-state index in [4.69, 9.17) is 4.74 Å². The van der Waals surface area contributed by atoms with Crippen LogP contribution >= 0.6 is 0 Å². The van der Waals surface area contributed by atoms with E-state index in [1.807, 2.05) is 0 Å². The van der Waals surface area contributed by atoms with Crippen molar-refractivity contribution in [3.8, 4) is 0 Å². The predicted octanol–water partition coefficient (Wildman–Crippen LogP) is 2.66. The molecule has 0 aromatic rings. The predicted molar refractivity (Wildman–Crippen MR) is 80.5 cm³/mol. The fraction of sp³-hybridized carbons (Fsp3) is 1.00. The van der Waals surface area contributed by atoms with Crippen LogP contribution in [0.1, 0.15) is 52.9 Å². The highest BCUT2D eigenvalue weighted by atomic mass is 16.5. The summed E-state index contributed by atoms with van der Waals surface area (Å²) in [5.74, 6) is 0.950. The Morgan fingerprint density at radius 2 is 1.89 bits per heavy atom. The molecule has 0 aromatic carbocycles. The summed E-state index contributed by atoms with van der Waals surface area (Å²) < 4.78 is 5.72. The van der Waals surface area contributed by atoms with Gasteiger partial charge in [0, 0.05) is 37.8 Å². The highest BCUT2D eigenvalue weighted by Gasteiger charge is 2.42. The van der Waals surface area contributed by atoms with E-state index in [2.05, 4.69) is 31.0 Å². The Balaban J connectivity index is 1.89. The van der Waals surface area contributed by atoms with Crippen LogP contribution in [-0.2, 0) is 4.74 Å². The van der Waals surface area contributed by atoms with Crippen molar-refractivity contribution in [1.29, 1.82) is 0 Å². The van der Waals surface area contributed by atoms with E-state index in [1.165, 1.54) is 32.2 Å². The lowest BCUT2D eigenvalue weighted by atomic mass is 9.86. The van der Waals surface area contributed by atoms with Crippen LogP contribution in [0.15, 0.2) is 0 Å². The lowest BCUT2D eigenvalue weighted by Crippen LogP contribution is -2.65. The molecule has 1 saturated heterocycles. The molecule has 0 radical (unpaired) electrons. The molecular formula is C16H32N2O. The maximum absolute atomic E-state index is 5.72. The third kappa shape index (κ3) is 3.71. The van der Waals surface area contributed by atoms with Gasteiger partial charge in [0.15, 0.2) is 0 Å². The number of rotatable bonds is 8. The topological polar surface area (TPSA) is 24.5 Å².